The van der Waals surface area contributed by atoms with Crippen molar-refractivity contribution in [3.63, 3.8) is 0 Å². The van der Waals surface area contributed by atoms with Gasteiger partial charge < -0.3 is 10.2 Å². The Balaban J connectivity index is 2.38. The molecule has 0 unspecified atom stereocenters. The zero-order valence-corrected chi connectivity index (χ0v) is 11.6. The first-order valence-electron chi connectivity index (χ1n) is 5.82. The molecule has 5 nitrogen and oxygen atoms in total. The van der Waals surface area contributed by atoms with Crippen molar-refractivity contribution in [3.05, 3.63) is 47.4 Å². The van der Waals surface area contributed by atoms with Crippen LogP contribution in [0.5, 0.6) is 0 Å². The summed E-state index contributed by atoms with van der Waals surface area (Å²) in [5, 5.41) is 0. The molecule has 0 aliphatic rings. The van der Waals surface area contributed by atoms with Gasteiger partial charge in [0.2, 0.25) is 0 Å². The third kappa shape index (κ3) is 2.80. The molecule has 0 aliphatic heterocycles. The van der Waals surface area contributed by atoms with E-state index < -0.39 is 10.0 Å². The molecule has 0 atom stereocenters. The summed E-state index contributed by atoms with van der Waals surface area (Å²) in [6.45, 7) is 3.61. The maximum absolute atomic E-state index is 12.3. The second kappa shape index (κ2) is 5.07. The molecule has 0 aliphatic carbocycles. The fourth-order valence-electron chi connectivity index (χ4n) is 1.78. The average Bonchev–Trinajstić information content (AvgIpc) is 2.74. The highest BCUT2D eigenvalue weighted by Gasteiger charge is 2.21. The van der Waals surface area contributed by atoms with Crippen LogP contribution in [0.15, 0.2) is 39.6 Å². The Bertz CT molecular complexity index is 690. The number of hydrogen-bond acceptors (Lipinski definition) is 4. The summed E-state index contributed by atoms with van der Waals surface area (Å²) in [6.07, 6.45) is 0. The predicted octanol–water partition coefficient (Wildman–Crippen LogP) is 2.16. The van der Waals surface area contributed by atoms with Gasteiger partial charge in [0.15, 0.2) is 0 Å². The quantitative estimate of drug-likeness (QED) is 0.898. The summed E-state index contributed by atoms with van der Waals surface area (Å²) in [5.41, 5.74) is 6.85. The standard InChI is InChI=1S/C13H16N2O3S/c1-9-5-3-4-6-12(9)15-19(16,17)13-7-11(8-14)18-10(13)2/h3-7,15H,8,14H2,1-2H3. The molecule has 1 aromatic heterocycles. The molecule has 0 fully saturated rings. The summed E-state index contributed by atoms with van der Waals surface area (Å²) < 4.78 is 32.4. The van der Waals surface area contributed by atoms with Crippen LogP contribution in [-0.2, 0) is 16.6 Å². The van der Waals surface area contributed by atoms with E-state index in [0.29, 0.717) is 17.2 Å². The Labute approximate surface area is 112 Å². The lowest BCUT2D eigenvalue weighted by molar-refractivity contribution is 0.479. The van der Waals surface area contributed by atoms with Gasteiger partial charge in [-0.3, -0.25) is 4.72 Å². The van der Waals surface area contributed by atoms with Gasteiger partial charge in [-0.15, -0.1) is 0 Å². The zero-order valence-electron chi connectivity index (χ0n) is 10.8. The molecular formula is C13H16N2O3S. The minimum absolute atomic E-state index is 0.121. The van der Waals surface area contributed by atoms with Crippen molar-refractivity contribution >= 4 is 15.7 Å². The molecule has 19 heavy (non-hydrogen) atoms. The molecule has 1 aromatic carbocycles. The molecule has 0 spiro atoms. The summed E-state index contributed by atoms with van der Waals surface area (Å²) in [4.78, 5) is 0.121. The molecule has 0 amide bonds. The highest BCUT2D eigenvalue weighted by atomic mass is 32.2. The Morgan fingerprint density at radius 3 is 2.53 bits per heavy atom. The number of sulfonamides is 1. The molecule has 102 valence electrons. The van der Waals surface area contributed by atoms with Crippen molar-refractivity contribution in [1.82, 2.24) is 0 Å². The third-order valence-electron chi connectivity index (χ3n) is 2.80. The highest BCUT2D eigenvalue weighted by molar-refractivity contribution is 7.92. The number of hydrogen-bond donors (Lipinski definition) is 2. The van der Waals surface area contributed by atoms with Gasteiger partial charge in [0.25, 0.3) is 10.0 Å². The number of aryl methyl sites for hydroxylation is 2. The van der Waals surface area contributed by atoms with E-state index in [2.05, 4.69) is 4.72 Å². The van der Waals surface area contributed by atoms with Crippen LogP contribution in [0, 0.1) is 13.8 Å². The molecule has 6 heteroatoms. The van der Waals surface area contributed by atoms with Crippen molar-refractivity contribution < 1.29 is 12.8 Å². The number of para-hydroxylation sites is 1. The van der Waals surface area contributed by atoms with Crippen LogP contribution in [0.4, 0.5) is 5.69 Å². The number of nitrogens with two attached hydrogens (primary N) is 1. The van der Waals surface area contributed by atoms with E-state index >= 15 is 0 Å². The van der Waals surface area contributed by atoms with Gasteiger partial charge in [-0.05, 0) is 25.5 Å². The summed E-state index contributed by atoms with van der Waals surface area (Å²) >= 11 is 0. The van der Waals surface area contributed by atoms with Gasteiger partial charge >= 0.3 is 0 Å². The Morgan fingerprint density at radius 1 is 1.26 bits per heavy atom. The van der Waals surface area contributed by atoms with Crippen molar-refractivity contribution in [2.75, 3.05) is 4.72 Å². The molecule has 2 rings (SSSR count). The smallest absolute Gasteiger partial charge is 0.265 e. The third-order valence-corrected chi connectivity index (χ3v) is 4.28. The van der Waals surface area contributed by atoms with E-state index in [4.69, 9.17) is 10.2 Å². The first kappa shape index (κ1) is 13.6. The topological polar surface area (TPSA) is 85.3 Å². The second-order valence-electron chi connectivity index (χ2n) is 4.26. The van der Waals surface area contributed by atoms with Gasteiger partial charge in [-0.25, -0.2) is 8.42 Å². The summed E-state index contributed by atoms with van der Waals surface area (Å²) in [6, 6.07) is 8.63. The van der Waals surface area contributed by atoms with Gasteiger partial charge in [-0.2, -0.15) is 0 Å². The lowest BCUT2D eigenvalue weighted by Gasteiger charge is -2.09. The van der Waals surface area contributed by atoms with Gasteiger partial charge in [-0.1, -0.05) is 18.2 Å². The van der Waals surface area contributed by atoms with Gasteiger partial charge in [0.1, 0.15) is 16.4 Å². The van der Waals surface area contributed by atoms with Crippen molar-refractivity contribution in [1.29, 1.82) is 0 Å². The zero-order chi connectivity index (χ0) is 14.0. The van der Waals surface area contributed by atoms with E-state index in [0.717, 1.165) is 5.56 Å². The number of anilines is 1. The minimum Gasteiger partial charge on any atom is -0.464 e. The normalized spacial score (nSPS) is 11.5. The van der Waals surface area contributed by atoms with E-state index in [9.17, 15) is 8.42 Å². The number of benzene rings is 1. The minimum atomic E-state index is -3.66. The van der Waals surface area contributed by atoms with Crippen LogP contribution in [0.25, 0.3) is 0 Å². The van der Waals surface area contributed by atoms with Crippen molar-refractivity contribution in [3.8, 4) is 0 Å². The summed E-state index contributed by atoms with van der Waals surface area (Å²) in [7, 11) is -3.66. The largest absolute Gasteiger partial charge is 0.464 e. The second-order valence-corrected chi connectivity index (χ2v) is 5.91. The molecule has 2 aromatic rings. The predicted molar refractivity (Wildman–Crippen MR) is 73.3 cm³/mol. The fraction of sp³-hybridized carbons (Fsp3) is 0.231. The SMILES string of the molecule is Cc1ccccc1NS(=O)(=O)c1cc(CN)oc1C. The first-order valence-corrected chi connectivity index (χ1v) is 7.30. The van der Waals surface area contributed by atoms with Crippen LogP contribution < -0.4 is 10.5 Å². The van der Waals surface area contributed by atoms with Crippen LogP contribution in [0.2, 0.25) is 0 Å². The lowest BCUT2D eigenvalue weighted by Crippen LogP contribution is -2.14. The summed E-state index contributed by atoms with van der Waals surface area (Å²) in [5.74, 6) is 0.782. The van der Waals surface area contributed by atoms with Crippen LogP contribution in [0.1, 0.15) is 17.1 Å². The van der Waals surface area contributed by atoms with Crippen LogP contribution in [0.3, 0.4) is 0 Å². The van der Waals surface area contributed by atoms with Crippen LogP contribution in [-0.4, -0.2) is 8.42 Å². The Kier molecular flexibility index (Phi) is 3.64. The monoisotopic (exact) mass is 280 g/mol. The maximum Gasteiger partial charge on any atom is 0.265 e. The molecule has 0 radical (unpaired) electrons. The molecule has 0 saturated carbocycles. The molecule has 3 N–H and O–H groups in total. The molecule has 1 heterocycles. The number of furan rings is 1. The van der Waals surface area contributed by atoms with Gasteiger partial charge in [0.05, 0.1) is 12.2 Å². The van der Waals surface area contributed by atoms with Crippen molar-refractivity contribution in [2.24, 2.45) is 5.73 Å². The molecule has 0 bridgehead atoms. The fourth-order valence-corrected chi connectivity index (χ4v) is 3.11. The van der Waals surface area contributed by atoms with E-state index in [1.54, 1.807) is 19.1 Å². The van der Waals surface area contributed by atoms with E-state index in [-0.39, 0.29) is 11.4 Å². The average molecular weight is 280 g/mol. The van der Waals surface area contributed by atoms with E-state index in [1.807, 2.05) is 19.1 Å². The van der Waals surface area contributed by atoms with Gasteiger partial charge in [0, 0.05) is 6.07 Å². The van der Waals surface area contributed by atoms with E-state index in [1.165, 1.54) is 6.07 Å². The first-order chi connectivity index (χ1) is 8.94. The molecule has 0 saturated heterocycles. The number of rotatable bonds is 4. The van der Waals surface area contributed by atoms with Crippen LogP contribution >= 0.6 is 0 Å². The highest BCUT2D eigenvalue weighted by Crippen LogP contribution is 2.24. The Hall–Kier alpha value is -1.79. The maximum atomic E-state index is 12.3. The van der Waals surface area contributed by atoms with Crippen molar-refractivity contribution in [2.45, 2.75) is 25.3 Å². The number of nitrogens with one attached hydrogen (secondary N) is 1. The Morgan fingerprint density at radius 2 is 1.95 bits per heavy atom. The molecular weight excluding hydrogens is 264 g/mol. The lowest BCUT2D eigenvalue weighted by atomic mass is 10.2.